The Morgan fingerprint density at radius 2 is 1.95 bits per heavy atom. The van der Waals surface area contributed by atoms with Gasteiger partial charge < -0.3 is 12.2 Å². The van der Waals surface area contributed by atoms with Crippen LogP contribution in [0.3, 0.4) is 0 Å². The Morgan fingerprint density at radius 3 is 2.50 bits per heavy atom. The number of sulfone groups is 1. The first-order chi connectivity index (χ1) is 9.40. The third kappa shape index (κ3) is 4.44. The van der Waals surface area contributed by atoms with Crippen molar-refractivity contribution in [2.45, 2.75) is 4.90 Å². The van der Waals surface area contributed by atoms with Crippen molar-refractivity contribution in [3.8, 4) is 0 Å². The normalized spacial score (nSPS) is 11.4. The van der Waals surface area contributed by atoms with Crippen molar-refractivity contribution in [2.24, 2.45) is 0 Å². The van der Waals surface area contributed by atoms with E-state index < -0.39 is 9.84 Å². The van der Waals surface area contributed by atoms with Crippen LogP contribution >= 0.6 is 11.6 Å². The summed E-state index contributed by atoms with van der Waals surface area (Å²) in [4.78, 5) is 11.2. The summed E-state index contributed by atoms with van der Waals surface area (Å²) < 4.78 is 30.5. The van der Waals surface area contributed by atoms with Gasteiger partial charge in [0.1, 0.15) is 7.67 Å². The van der Waals surface area contributed by atoms with Crippen molar-refractivity contribution in [3.63, 3.8) is 0 Å². The van der Waals surface area contributed by atoms with E-state index in [9.17, 15) is 8.42 Å². The van der Waals surface area contributed by atoms with Gasteiger partial charge in [-0.2, -0.15) is 4.98 Å². The van der Waals surface area contributed by atoms with Crippen LogP contribution in [0.1, 0.15) is 1.37 Å². The van der Waals surface area contributed by atoms with Crippen molar-refractivity contribution in [3.05, 3.63) is 42.8 Å². The summed E-state index contributed by atoms with van der Waals surface area (Å²) in [5, 5.41) is 2.71. The number of rotatable bonds is 4. The first-order valence-corrected chi connectivity index (χ1v) is 7.21. The fourth-order valence-electron chi connectivity index (χ4n) is 1.30. The molecule has 9 heteroatoms. The van der Waals surface area contributed by atoms with Gasteiger partial charge in [0.2, 0.25) is 11.2 Å². The van der Waals surface area contributed by atoms with E-state index in [0.29, 0.717) is 5.69 Å². The van der Waals surface area contributed by atoms with E-state index in [-0.39, 0.29) is 60.9 Å². The predicted molar refractivity (Wildman–Crippen MR) is 72.0 cm³/mol. The molecule has 0 saturated carbocycles. The van der Waals surface area contributed by atoms with Crippen molar-refractivity contribution in [2.75, 3.05) is 11.1 Å². The summed E-state index contributed by atoms with van der Waals surface area (Å²) in [6.45, 7) is 3.38. The molecule has 0 aliphatic carbocycles. The summed E-state index contributed by atoms with van der Waals surface area (Å²) in [7, 11) is -3.33. The molecule has 2 rings (SSSR count). The van der Waals surface area contributed by atoms with E-state index in [1.54, 1.807) is 12.1 Å². The molecule has 1 heterocycles. The van der Waals surface area contributed by atoms with E-state index in [2.05, 4.69) is 27.2 Å². The van der Waals surface area contributed by atoms with Crippen LogP contribution in [0.2, 0.25) is 5.28 Å². The summed E-state index contributed by atoms with van der Waals surface area (Å²) >= 11 is 5.61. The van der Waals surface area contributed by atoms with Crippen molar-refractivity contribution >= 4 is 33.1 Å². The van der Waals surface area contributed by atoms with Crippen LogP contribution in [0.15, 0.2) is 35.5 Å². The van der Waals surface area contributed by atoms with Crippen LogP contribution in [-0.2, 0) is 42.5 Å². The molecule has 0 bridgehead atoms. The number of benzene rings is 1. The topological polar surface area (TPSA) is 84.8 Å². The minimum absolute atomic E-state index is 0. The minimum Gasteiger partial charge on any atom is -0.328 e. The number of halogens is 1. The van der Waals surface area contributed by atoms with Crippen LogP contribution in [0.4, 0.5) is 11.6 Å². The Balaban J connectivity index is 0.00000220. The molecule has 0 amide bonds. The predicted octanol–water partition coefficient (Wildman–Crippen LogP) is 1.87. The third-order valence-corrected chi connectivity index (χ3v) is 3.93. The van der Waals surface area contributed by atoms with Gasteiger partial charge in [-0.15, -0.1) is 0 Å². The number of hydrogen-bond acceptors (Lipinski definition) is 6. The average molecular weight is 388 g/mol. The van der Waals surface area contributed by atoms with Crippen LogP contribution < -0.4 is 5.32 Å². The number of aromatic nitrogens is 3. The molecule has 0 fully saturated rings. The van der Waals surface area contributed by atoms with E-state index in [1.807, 2.05) is 0 Å². The van der Waals surface area contributed by atoms with Crippen molar-refractivity contribution in [1.29, 1.82) is 0 Å². The molecule has 1 radical (unpaired) electrons. The number of nitrogens with one attached hydrogen (secondary N) is 1. The maximum Gasteiger partial charge on any atom is 0.231 e. The number of nitrogens with zero attached hydrogens (tertiary/aromatic N) is 3. The summed E-state index contributed by atoms with van der Waals surface area (Å²) in [5.74, 6) is -0.0896. The summed E-state index contributed by atoms with van der Waals surface area (Å²) in [5.41, 5.74) is 0.565. The molecule has 0 aliphatic heterocycles. The molecule has 103 valence electrons. The first kappa shape index (κ1) is 15.8. The maximum absolute atomic E-state index is 11.6. The quantitative estimate of drug-likeness (QED) is 0.806. The van der Waals surface area contributed by atoms with Crippen LogP contribution in [-0.4, -0.2) is 29.1 Å². The molecular formula is C11H10ClN4O2SY-. The van der Waals surface area contributed by atoms with Gasteiger partial charge in [0.05, 0.1) is 4.90 Å². The second-order valence-electron chi connectivity index (χ2n) is 3.50. The van der Waals surface area contributed by atoms with Crippen molar-refractivity contribution < 1.29 is 42.5 Å². The molecule has 0 saturated heterocycles. The molecule has 6 nitrogen and oxygen atoms in total. The molecule has 1 aromatic carbocycles. The van der Waals surface area contributed by atoms with Gasteiger partial charge in [-0.3, -0.25) is 0 Å². The zero-order valence-corrected chi connectivity index (χ0v) is 14.7. The molecular weight excluding hydrogens is 377 g/mol. The zero-order chi connectivity index (χ0) is 14.8. The van der Waals surface area contributed by atoms with E-state index in [4.69, 9.17) is 13.0 Å². The molecule has 20 heavy (non-hydrogen) atoms. The Hall–Kier alpha value is -0.626. The Labute approximate surface area is 148 Å². The monoisotopic (exact) mass is 387 g/mol. The van der Waals surface area contributed by atoms with Gasteiger partial charge in [-0.05, 0) is 35.9 Å². The van der Waals surface area contributed by atoms with Crippen molar-refractivity contribution in [1.82, 2.24) is 15.0 Å². The first-order valence-electron chi connectivity index (χ1n) is 5.68. The average Bonchev–Trinajstić information content (AvgIpc) is 2.38. The summed E-state index contributed by atoms with van der Waals surface area (Å²) in [6, 6.07) is 6.02. The van der Waals surface area contributed by atoms with E-state index in [1.165, 1.54) is 12.1 Å². The molecule has 2 aromatic rings. The molecule has 1 N–H and O–H groups in total. The number of hydrogen-bond donors (Lipinski definition) is 1. The van der Waals surface area contributed by atoms with Gasteiger partial charge in [0.15, 0.2) is 9.84 Å². The Bertz CT molecular complexity index is 707. The van der Waals surface area contributed by atoms with Crippen LogP contribution in [0, 0.1) is 6.92 Å². The Kier molecular flexibility index (Phi) is 5.83. The van der Waals surface area contributed by atoms with Gasteiger partial charge in [0.25, 0.3) is 0 Å². The fourth-order valence-corrected chi connectivity index (χ4v) is 2.20. The van der Waals surface area contributed by atoms with Gasteiger partial charge in [-0.25, -0.2) is 18.4 Å². The van der Waals surface area contributed by atoms with Gasteiger partial charge in [0, 0.05) is 38.4 Å². The second kappa shape index (κ2) is 7.40. The molecule has 0 atom stereocenters. The zero-order valence-electron chi connectivity index (χ0n) is 11.2. The largest absolute Gasteiger partial charge is 0.328 e. The van der Waals surface area contributed by atoms with Crippen LogP contribution in [0.25, 0.3) is 0 Å². The molecule has 0 spiro atoms. The minimum atomic E-state index is -3.33. The van der Waals surface area contributed by atoms with Gasteiger partial charge in [-0.1, -0.05) is 5.75 Å². The fraction of sp³-hybridized carbons (Fsp3) is 0.0909. The van der Waals surface area contributed by atoms with E-state index in [0.717, 1.165) is 0 Å². The third-order valence-electron chi connectivity index (χ3n) is 2.23. The van der Waals surface area contributed by atoms with Crippen LogP contribution in [0.5, 0.6) is 0 Å². The SMILES string of the molecule is [2H]c1nc(Cl)nc(Nc2ccc(S(=O)(=O)C[CH2-])cc2)n1.[Y]. The number of anilines is 2. The van der Waals surface area contributed by atoms with Gasteiger partial charge >= 0.3 is 0 Å². The standard InChI is InChI=1S/C11H10ClN4O2S.Y/c1-2-19(17,18)9-5-3-8(4-6-9)15-11-14-7-13-10(12)16-11;/h3-7H,1-2H2,(H,13,14,15,16);/q-1;/i7D;. The second-order valence-corrected chi connectivity index (χ2v) is 5.94. The maximum atomic E-state index is 11.6. The molecule has 1 aromatic heterocycles. The summed E-state index contributed by atoms with van der Waals surface area (Å²) in [6.07, 6.45) is -0.260. The molecule has 0 aliphatic rings. The smallest absolute Gasteiger partial charge is 0.231 e. The Morgan fingerprint density at radius 1 is 1.30 bits per heavy atom. The molecule has 0 unspecified atom stereocenters. The van der Waals surface area contributed by atoms with E-state index >= 15 is 0 Å².